The molecule has 0 aromatic rings. The van der Waals surface area contributed by atoms with Gasteiger partial charge < -0.3 is 14.2 Å². The third-order valence-electron chi connectivity index (χ3n) is 1.61. The molecule has 0 N–H and O–H groups in total. The third-order valence-corrected chi connectivity index (χ3v) is 1.61. The van der Waals surface area contributed by atoms with Crippen molar-refractivity contribution < 1.29 is 23.8 Å². The Morgan fingerprint density at radius 3 is 2.38 bits per heavy atom. The maximum absolute atomic E-state index is 10.7. The lowest BCUT2D eigenvalue weighted by Crippen LogP contribution is -2.25. The minimum Gasteiger partial charge on any atom is -0.460 e. The molecule has 5 nitrogen and oxygen atoms in total. The summed E-state index contributed by atoms with van der Waals surface area (Å²) in [5.41, 5.74) is 0. The van der Waals surface area contributed by atoms with Crippen LogP contribution >= 0.6 is 0 Å². The van der Waals surface area contributed by atoms with Crippen LogP contribution in [0.4, 0.5) is 0 Å². The van der Waals surface area contributed by atoms with Gasteiger partial charge in [-0.1, -0.05) is 6.58 Å². The molecule has 16 heavy (non-hydrogen) atoms. The van der Waals surface area contributed by atoms with Crippen molar-refractivity contribution in [1.29, 1.82) is 0 Å². The molecule has 2 atom stereocenters. The smallest absolute Gasteiger partial charge is 0.330 e. The molecule has 0 aliphatic carbocycles. The highest BCUT2D eigenvalue weighted by molar-refractivity contribution is 5.81. The predicted molar refractivity (Wildman–Crippen MR) is 57.8 cm³/mol. The quantitative estimate of drug-likeness (QED) is 0.483. The van der Waals surface area contributed by atoms with Gasteiger partial charge in [-0.25, -0.2) is 4.79 Å². The first-order chi connectivity index (χ1) is 7.45. The number of hydrogen-bond acceptors (Lipinski definition) is 5. The summed E-state index contributed by atoms with van der Waals surface area (Å²) in [6.45, 7) is 8.52. The second-order valence-electron chi connectivity index (χ2n) is 3.40. The lowest BCUT2D eigenvalue weighted by molar-refractivity contribution is -0.150. The highest BCUT2D eigenvalue weighted by Crippen LogP contribution is 1.98. The minimum atomic E-state index is -0.483. The van der Waals surface area contributed by atoms with E-state index in [4.69, 9.17) is 14.2 Å². The Morgan fingerprint density at radius 1 is 1.25 bits per heavy atom. The van der Waals surface area contributed by atoms with Gasteiger partial charge in [-0.3, -0.25) is 4.79 Å². The number of carbonyl (C=O) groups is 2. The fourth-order valence-electron chi connectivity index (χ4n) is 0.924. The van der Waals surface area contributed by atoms with Crippen LogP contribution < -0.4 is 0 Å². The number of rotatable bonds is 7. The normalized spacial score (nSPS) is 13.7. The molecule has 0 fully saturated rings. The van der Waals surface area contributed by atoms with Crippen LogP contribution in [0.2, 0.25) is 0 Å². The van der Waals surface area contributed by atoms with E-state index in [1.165, 1.54) is 6.92 Å². The number of hydrogen-bond donors (Lipinski definition) is 0. The first kappa shape index (κ1) is 14.6. The van der Waals surface area contributed by atoms with Crippen molar-refractivity contribution in [3.63, 3.8) is 0 Å². The molecule has 0 aromatic heterocycles. The molecule has 92 valence electrons. The maximum atomic E-state index is 10.7. The van der Waals surface area contributed by atoms with Crippen LogP contribution in [-0.2, 0) is 23.8 Å². The van der Waals surface area contributed by atoms with Crippen LogP contribution in [0.5, 0.6) is 0 Å². The largest absolute Gasteiger partial charge is 0.460 e. The van der Waals surface area contributed by atoms with Gasteiger partial charge >= 0.3 is 11.9 Å². The first-order valence-corrected chi connectivity index (χ1v) is 5.03. The van der Waals surface area contributed by atoms with Gasteiger partial charge in [0.15, 0.2) is 0 Å². The molecule has 0 saturated carbocycles. The highest BCUT2D eigenvalue weighted by Gasteiger charge is 2.10. The van der Waals surface area contributed by atoms with Crippen molar-refractivity contribution in [2.24, 2.45) is 0 Å². The Labute approximate surface area is 95.4 Å². The van der Waals surface area contributed by atoms with E-state index in [1.807, 2.05) is 0 Å². The monoisotopic (exact) mass is 230 g/mol. The van der Waals surface area contributed by atoms with Crippen molar-refractivity contribution in [2.45, 2.75) is 33.0 Å². The van der Waals surface area contributed by atoms with Gasteiger partial charge in [0.05, 0.1) is 12.7 Å². The van der Waals surface area contributed by atoms with Crippen molar-refractivity contribution in [2.75, 3.05) is 13.2 Å². The number of esters is 2. The van der Waals surface area contributed by atoms with Gasteiger partial charge in [0.2, 0.25) is 0 Å². The summed E-state index contributed by atoms with van der Waals surface area (Å²) in [7, 11) is 0. The standard InChI is InChI=1S/C11H18O5/c1-5-11(13)15-6-8(2)14-7-9(3)16-10(4)12/h5,8-9H,1,6-7H2,2-4H3. The van der Waals surface area contributed by atoms with E-state index in [2.05, 4.69) is 6.58 Å². The molecule has 0 aliphatic heterocycles. The molecular formula is C11H18O5. The Kier molecular flexibility index (Phi) is 7.20. The van der Waals surface area contributed by atoms with Crippen molar-refractivity contribution in [3.8, 4) is 0 Å². The van der Waals surface area contributed by atoms with Gasteiger partial charge in [-0.15, -0.1) is 0 Å². The van der Waals surface area contributed by atoms with Crippen LogP contribution in [0.1, 0.15) is 20.8 Å². The van der Waals surface area contributed by atoms with Gasteiger partial charge in [0.25, 0.3) is 0 Å². The van der Waals surface area contributed by atoms with Gasteiger partial charge in [-0.05, 0) is 13.8 Å². The second-order valence-corrected chi connectivity index (χ2v) is 3.40. The highest BCUT2D eigenvalue weighted by atomic mass is 16.6. The summed E-state index contributed by atoms with van der Waals surface area (Å²) in [5.74, 6) is -0.828. The SMILES string of the molecule is C=CC(=O)OCC(C)OCC(C)OC(C)=O. The fraction of sp³-hybridized carbons (Fsp3) is 0.636. The molecule has 0 amide bonds. The van der Waals surface area contributed by atoms with Gasteiger partial charge in [0, 0.05) is 13.0 Å². The van der Waals surface area contributed by atoms with Crippen molar-refractivity contribution in [3.05, 3.63) is 12.7 Å². The Hall–Kier alpha value is -1.36. The zero-order valence-corrected chi connectivity index (χ0v) is 9.89. The van der Waals surface area contributed by atoms with E-state index in [0.717, 1.165) is 6.08 Å². The predicted octanol–water partition coefficient (Wildman–Crippen LogP) is 1.07. The summed E-state index contributed by atoms with van der Waals surface area (Å²) < 4.78 is 14.9. The molecule has 0 heterocycles. The van der Waals surface area contributed by atoms with E-state index < -0.39 is 5.97 Å². The molecule has 5 heteroatoms. The molecule has 0 saturated heterocycles. The number of ether oxygens (including phenoxy) is 3. The minimum absolute atomic E-state index is 0.150. The van der Waals surface area contributed by atoms with Gasteiger partial charge in [0.1, 0.15) is 12.7 Å². The van der Waals surface area contributed by atoms with Crippen LogP contribution in [0, 0.1) is 0 Å². The summed E-state index contributed by atoms with van der Waals surface area (Å²) in [5, 5.41) is 0. The van der Waals surface area contributed by atoms with E-state index in [1.54, 1.807) is 13.8 Å². The second kappa shape index (κ2) is 7.87. The van der Waals surface area contributed by atoms with Crippen molar-refractivity contribution >= 4 is 11.9 Å². The van der Waals surface area contributed by atoms with Crippen LogP contribution in [0.25, 0.3) is 0 Å². The van der Waals surface area contributed by atoms with E-state index in [9.17, 15) is 9.59 Å². The topological polar surface area (TPSA) is 61.8 Å². The summed E-state index contributed by atoms with van der Waals surface area (Å²) in [6.07, 6.45) is 0.533. The summed E-state index contributed by atoms with van der Waals surface area (Å²) in [6, 6.07) is 0. The summed E-state index contributed by atoms with van der Waals surface area (Å²) >= 11 is 0. The molecule has 0 radical (unpaired) electrons. The maximum Gasteiger partial charge on any atom is 0.330 e. The first-order valence-electron chi connectivity index (χ1n) is 5.03. The fourth-order valence-corrected chi connectivity index (χ4v) is 0.924. The number of carbonyl (C=O) groups excluding carboxylic acids is 2. The average Bonchev–Trinajstić information content (AvgIpc) is 2.22. The Balaban J connectivity index is 3.64. The zero-order valence-electron chi connectivity index (χ0n) is 9.89. The van der Waals surface area contributed by atoms with E-state index in [-0.39, 0.29) is 31.4 Å². The van der Waals surface area contributed by atoms with Crippen LogP contribution in [0.15, 0.2) is 12.7 Å². The molecular weight excluding hydrogens is 212 g/mol. The van der Waals surface area contributed by atoms with Crippen molar-refractivity contribution in [1.82, 2.24) is 0 Å². The lowest BCUT2D eigenvalue weighted by atomic mass is 10.4. The van der Waals surface area contributed by atoms with E-state index >= 15 is 0 Å². The van der Waals surface area contributed by atoms with Crippen LogP contribution in [-0.4, -0.2) is 37.4 Å². The molecule has 0 rings (SSSR count). The molecule has 2 unspecified atom stereocenters. The Bertz CT molecular complexity index is 249. The van der Waals surface area contributed by atoms with Crippen LogP contribution in [0.3, 0.4) is 0 Å². The average molecular weight is 230 g/mol. The van der Waals surface area contributed by atoms with Gasteiger partial charge in [-0.2, -0.15) is 0 Å². The molecule has 0 bridgehead atoms. The van der Waals surface area contributed by atoms with E-state index in [0.29, 0.717) is 0 Å². The molecule has 0 aromatic carbocycles. The third kappa shape index (κ3) is 7.99. The molecule has 0 spiro atoms. The zero-order chi connectivity index (χ0) is 12.6. The lowest BCUT2D eigenvalue weighted by Gasteiger charge is -2.16. The summed E-state index contributed by atoms with van der Waals surface area (Å²) in [4.78, 5) is 21.3. The molecule has 0 aliphatic rings. The Morgan fingerprint density at radius 2 is 1.88 bits per heavy atom.